The average Bonchev–Trinajstić information content (AvgIpc) is 2.15. The molecule has 0 spiro atoms. The monoisotopic (exact) mass is 248 g/mol. The summed E-state index contributed by atoms with van der Waals surface area (Å²) in [5, 5.41) is 8.77. The number of hydrogen-bond donors (Lipinski definition) is 2. The maximum Gasteiger partial charge on any atom is 0.446 e. The molecule has 0 saturated heterocycles. The highest BCUT2D eigenvalue weighted by Crippen LogP contribution is 2.25. The van der Waals surface area contributed by atoms with Gasteiger partial charge in [-0.05, 0) is 18.2 Å². The maximum atomic E-state index is 10.8. The highest BCUT2D eigenvalue weighted by Gasteiger charge is 2.17. The smallest absolute Gasteiger partial charge is 0.446 e. The minimum absolute atomic E-state index is 0.222. The van der Waals surface area contributed by atoms with Crippen molar-refractivity contribution in [2.45, 2.75) is 0 Å². The molecule has 0 aliphatic carbocycles. The fraction of sp³-hybridized carbons (Fsp3) is 0.125. The van der Waals surface area contributed by atoms with Gasteiger partial charge in [0.05, 0.1) is 7.11 Å². The molecular weight excluding hydrogens is 240 g/mol. The molecule has 0 aromatic heterocycles. The molecule has 0 bridgehead atoms. The van der Waals surface area contributed by atoms with Crippen LogP contribution in [0.5, 0.6) is 11.5 Å². The Bertz CT molecular complexity index is 505. The minimum Gasteiger partial charge on any atom is -0.497 e. The van der Waals surface area contributed by atoms with Crippen molar-refractivity contribution < 1.29 is 31.8 Å². The first kappa shape index (κ1) is 12.3. The Kier molecular flexibility index (Phi) is 3.35. The van der Waals surface area contributed by atoms with E-state index in [4.69, 9.17) is 14.4 Å². The van der Waals surface area contributed by atoms with Crippen LogP contribution in [0.25, 0.3) is 0 Å². The van der Waals surface area contributed by atoms with E-state index in [2.05, 4.69) is 4.18 Å². The number of methoxy groups -OCH3 is 1. The van der Waals surface area contributed by atoms with Crippen LogP contribution in [0, 0.1) is 0 Å². The molecule has 1 rings (SSSR count). The van der Waals surface area contributed by atoms with Gasteiger partial charge in [-0.25, -0.2) is 4.79 Å². The van der Waals surface area contributed by atoms with E-state index in [-0.39, 0.29) is 5.75 Å². The first-order valence-electron chi connectivity index (χ1n) is 3.91. The van der Waals surface area contributed by atoms with Gasteiger partial charge in [-0.2, -0.15) is 8.42 Å². The third kappa shape index (κ3) is 3.11. The van der Waals surface area contributed by atoms with E-state index < -0.39 is 27.7 Å². The second-order valence-corrected chi connectivity index (χ2v) is 3.70. The van der Waals surface area contributed by atoms with Crippen LogP contribution in [0.2, 0.25) is 0 Å². The highest BCUT2D eigenvalue weighted by molar-refractivity contribution is 7.81. The fourth-order valence-electron chi connectivity index (χ4n) is 0.989. The summed E-state index contributed by atoms with van der Waals surface area (Å²) in [6, 6.07) is 3.44. The summed E-state index contributed by atoms with van der Waals surface area (Å²) in [6.07, 6.45) is 0. The van der Waals surface area contributed by atoms with Crippen molar-refractivity contribution in [1.29, 1.82) is 0 Å². The summed E-state index contributed by atoms with van der Waals surface area (Å²) in [5.74, 6) is -1.67. The van der Waals surface area contributed by atoms with Crippen molar-refractivity contribution in [2.24, 2.45) is 0 Å². The molecule has 0 aliphatic rings. The Balaban J connectivity index is 3.23. The van der Waals surface area contributed by atoms with Crippen LogP contribution in [0.4, 0.5) is 0 Å². The van der Waals surface area contributed by atoms with Gasteiger partial charge >= 0.3 is 16.4 Å². The Morgan fingerprint density at radius 3 is 2.44 bits per heavy atom. The summed E-state index contributed by atoms with van der Waals surface area (Å²) < 4.78 is 38.2. The van der Waals surface area contributed by atoms with Crippen LogP contribution in [-0.4, -0.2) is 31.2 Å². The number of carboxylic acids is 1. The topological polar surface area (TPSA) is 110 Å². The second-order valence-electron chi connectivity index (χ2n) is 2.68. The molecule has 1 aromatic rings. The Labute approximate surface area is 91.2 Å². The SMILES string of the molecule is COc1ccc(OS(=O)(=O)O)c(C(=O)O)c1. The van der Waals surface area contributed by atoms with Gasteiger partial charge in [-0.1, -0.05) is 0 Å². The fourth-order valence-corrected chi connectivity index (χ4v) is 1.36. The number of rotatable bonds is 4. The van der Waals surface area contributed by atoms with Crippen molar-refractivity contribution in [3.05, 3.63) is 23.8 Å². The summed E-state index contributed by atoms with van der Waals surface area (Å²) in [6.45, 7) is 0. The van der Waals surface area contributed by atoms with Crippen LogP contribution in [-0.2, 0) is 10.4 Å². The van der Waals surface area contributed by atoms with Crippen molar-refractivity contribution in [3.63, 3.8) is 0 Å². The molecular formula is C8H8O7S. The number of benzene rings is 1. The van der Waals surface area contributed by atoms with E-state index in [1.165, 1.54) is 13.2 Å². The van der Waals surface area contributed by atoms with Gasteiger partial charge in [0.1, 0.15) is 11.3 Å². The van der Waals surface area contributed by atoms with Gasteiger partial charge in [0.15, 0.2) is 5.75 Å². The Morgan fingerprint density at radius 2 is 2.00 bits per heavy atom. The Morgan fingerprint density at radius 1 is 1.38 bits per heavy atom. The summed E-state index contributed by atoms with van der Waals surface area (Å²) >= 11 is 0. The van der Waals surface area contributed by atoms with Gasteiger partial charge in [0.25, 0.3) is 0 Å². The Hall–Kier alpha value is -1.80. The summed E-state index contributed by atoms with van der Waals surface area (Å²) in [7, 11) is -3.43. The van der Waals surface area contributed by atoms with E-state index in [1.54, 1.807) is 0 Å². The van der Waals surface area contributed by atoms with Crippen LogP contribution < -0.4 is 8.92 Å². The number of carbonyl (C=O) groups is 1. The molecule has 0 heterocycles. The predicted molar refractivity (Wildman–Crippen MR) is 52.1 cm³/mol. The van der Waals surface area contributed by atoms with Crippen molar-refractivity contribution in [3.8, 4) is 11.5 Å². The van der Waals surface area contributed by atoms with Crippen LogP contribution in [0.1, 0.15) is 10.4 Å². The molecule has 0 fully saturated rings. The molecule has 0 aliphatic heterocycles. The van der Waals surface area contributed by atoms with E-state index >= 15 is 0 Å². The van der Waals surface area contributed by atoms with E-state index in [9.17, 15) is 13.2 Å². The molecule has 8 heteroatoms. The van der Waals surface area contributed by atoms with E-state index in [0.29, 0.717) is 0 Å². The largest absolute Gasteiger partial charge is 0.497 e. The molecule has 0 amide bonds. The first-order chi connectivity index (χ1) is 7.33. The third-order valence-corrected chi connectivity index (χ3v) is 2.00. The van der Waals surface area contributed by atoms with Crippen LogP contribution in [0.15, 0.2) is 18.2 Å². The predicted octanol–water partition coefficient (Wildman–Crippen LogP) is 0.575. The highest BCUT2D eigenvalue weighted by atomic mass is 32.3. The van der Waals surface area contributed by atoms with E-state index in [1.807, 2.05) is 0 Å². The van der Waals surface area contributed by atoms with Crippen molar-refractivity contribution in [2.75, 3.05) is 7.11 Å². The van der Waals surface area contributed by atoms with Crippen LogP contribution >= 0.6 is 0 Å². The zero-order valence-electron chi connectivity index (χ0n) is 8.08. The van der Waals surface area contributed by atoms with Gasteiger partial charge in [0.2, 0.25) is 0 Å². The number of ether oxygens (including phenoxy) is 1. The molecule has 0 atom stereocenters. The molecule has 7 nitrogen and oxygen atoms in total. The lowest BCUT2D eigenvalue weighted by Crippen LogP contribution is -2.10. The first-order valence-corrected chi connectivity index (χ1v) is 5.28. The lowest BCUT2D eigenvalue weighted by Gasteiger charge is -2.07. The van der Waals surface area contributed by atoms with Crippen molar-refractivity contribution in [1.82, 2.24) is 0 Å². The number of carboxylic acid groups (broad SMARTS) is 1. The van der Waals surface area contributed by atoms with Gasteiger partial charge in [0, 0.05) is 0 Å². The van der Waals surface area contributed by atoms with Gasteiger partial charge < -0.3 is 14.0 Å². The van der Waals surface area contributed by atoms with Gasteiger partial charge in [-0.15, -0.1) is 0 Å². The van der Waals surface area contributed by atoms with Gasteiger partial charge in [-0.3, -0.25) is 4.55 Å². The minimum atomic E-state index is -4.76. The summed E-state index contributed by atoms with van der Waals surface area (Å²) in [4.78, 5) is 10.8. The average molecular weight is 248 g/mol. The lowest BCUT2D eigenvalue weighted by atomic mass is 10.2. The molecule has 1 aromatic carbocycles. The standard InChI is InChI=1S/C8H8O7S/c1-14-5-2-3-7(15-16(11,12)13)6(4-5)8(9)10/h2-4H,1H3,(H,9,10)(H,11,12,13). The van der Waals surface area contributed by atoms with E-state index in [0.717, 1.165) is 12.1 Å². The second kappa shape index (κ2) is 4.37. The molecule has 16 heavy (non-hydrogen) atoms. The summed E-state index contributed by atoms with van der Waals surface area (Å²) in [5.41, 5.74) is -0.433. The molecule has 0 unspecified atom stereocenters. The van der Waals surface area contributed by atoms with Crippen molar-refractivity contribution >= 4 is 16.4 Å². The molecule has 0 saturated carbocycles. The zero-order chi connectivity index (χ0) is 12.3. The normalized spacial score (nSPS) is 10.9. The lowest BCUT2D eigenvalue weighted by molar-refractivity contribution is 0.0694. The molecule has 88 valence electrons. The zero-order valence-corrected chi connectivity index (χ0v) is 8.89. The quantitative estimate of drug-likeness (QED) is 0.749. The third-order valence-electron chi connectivity index (χ3n) is 1.61. The molecule has 0 radical (unpaired) electrons. The van der Waals surface area contributed by atoms with Crippen LogP contribution in [0.3, 0.4) is 0 Å². The number of hydrogen-bond acceptors (Lipinski definition) is 5. The molecule has 2 N–H and O–H groups in total. The number of aromatic carboxylic acids is 1. The maximum absolute atomic E-state index is 10.8.